The zero-order valence-electron chi connectivity index (χ0n) is 16.4. The Hall–Kier alpha value is -3.65. The first-order valence-electron chi connectivity index (χ1n) is 9.46. The van der Waals surface area contributed by atoms with Crippen molar-refractivity contribution in [1.29, 1.82) is 0 Å². The summed E-state index contributed by atoms with van der Waals surface area (Å²) in [4.78, 5) is 4.57. The van der Waals surface area contributed by atoms with E-state index < -0.39 is 5.82 Å². The molecule has 2 N–H and O–H groups in total. The Kier molecular flexibility index (Phi) is 4.71. The number of rotatable bonds is 4. The molecule has 0 spiro atoms. The Morgan fingerprint density at radius 2 is 1.94 bits per heavy atom. The minimum Gasteiger partial charge on any atom is -0.506 e. The highest BCUT2D eigenvalue weighted by Crippen LogP contribution is 2.42. The molecule has 0 unspecified atom stereocenters. The molecule has 0 saturated carbocycles. The van der Waals surface area contributed by atoms with Crippen LogP contribution >= 0.6 is 11.6 Å². The Morgan fingerprint density at radius 3 is 2.74 bits per heavy atom. The van der Waals surface area contributed by atoms with Gasteiger partial charge in [-0.05, 0) is 36.4 Å². The standard InChI is InChI=1S/C22H17ClFN3O4/c1-29-18-4-2-3-17-26-21(19-13(24)6-7-14(28)20(19)23)22(27(17)18)25-12-5-8-15-16(11-12)31-10-9-30-15/h2-8,11,25,28H,9-10H2,1H3. The van der Waals surface area contributed by atoms with Crippen LogP contribution in [0.15, 0.2) is 48.5 Å². The highest BCUT2D eigenvalue weighted by atomic mass is 35.5. The van der Waals surface area contributed by atoms with Crippen molar-refractivity contribution in [2.75, 3.05) is 25.6 Å². The van der Waals surface area contributed by atoms with Gasteiger partial charge in [-0.25, -0.2) is 13.8 Å². The molecule has 2 aromatic heterocycles. The van der Waals surface area contributed by atoms with Gasteiger partial charge in [-0.1, -0.05) is 17.7 Å². The number of nitrogens with one attached hydrogen (secondary N) is 1. The van der Waals surface area contributed by atoms with Crippen LogP contribution in [-0.4, -0.2) is 34.8 Å². The van der Waals surface area contributed by atoms with Crippen LogP contribution in [0.2, 0.25) is 5.02 Å². The quantitative estimate of drug-likeness (QED) is 0.463. The highest BCUT2D eigenvalue weighted by molar-refractivity contribution is 6.34. The molecule has 1 aliphatic rings. The van der Waals surface area contributed by atoms with Crippen molar-refractivity contribution in [2.24, 2.45) is 0 Å². The normalized spacial score (nSPS) is 12.7. The van der Waals surface area contributed by atoms with Crippen molar-refractivity contribution in [2.45, 2.75) is 0 Å². The summed E-state index contributed by atoms with van der Waals surface area (Å²) in [6.07, 6.45) is 0. The van der Waals surface area contributed by atoms with Gasteiger partial charge in [0.25, 0.3) is 0 Å². The first-order valence-corrected chi connectivity index (χ1v) is 9.84. The van der Waals surface area contributed by atoms with Gasteiger partial charge in [0.2, 0.25) is 5.88 Å². The number of fused-ring (bicyclic) bond motifs is 2. The maximum atomic E-state index is 14.8. The molecule has 158 valence electrons. The third-order valence-electron chi connectivity index (χ3n) is 4.93. The van der Waals surface area contributed by atoms with Gasteiger partial charge >= 0.3 is 0 Å². The molecule has 0 bridgehead atoms. The van der Waals surface area contributed by atoms with Crippen LogP contribution in [0.3, 0.4) is 0 Å². The fourth-order valence-electron chi connectivity index (χ4n) is 3.53. The van der Waals surface area contributed by atoms with Gasteiger partial charge in [-0.3, -0.25) is 0 Å². The lowest BCUT2D eigenvalue weighted by Gasteiger charge is -2.19. The van der Waals surface area contributed by atoms with Crippen LogP contribution < -0.4 is 19.5 Å². The lowest BCUT2D eigenvalue weighted by molar-refractivity contribution is 0.171. The largest absolute Gasteiger partial charge is 0.506 e. The average molecular weight is 442 g/mol. The van der Waals surface area contributed by atoms with E-state index in [1.54, 1.807) is 34.7 Å². The second-order valence-electron chi connectivity index (χ2n) is 6.81. The van der Waals surface area contributed by atoms with E-state index in [9.17, 15) is 9.50 Å². The van der Waals surface area contributed by atoms with Crippen molar-refractivity contribution in [3.63, 3.8) is 0 Å². The Balaban J connectivity index is 1.73. The topological polar surface area (TPSA) is 77.2 Å². The smallest absolute Gasteiger partial charge is 0.200 e. The molecular weight excluding hydrogens is 425 g/mol. The van der Waals surface area contributed by atoms with E-state index in [1.807, 2.05) is 6.07 Å². The molecule has 0 saturated heterocycles. The van der Waals surface area contributed by atoms with Gasteiger partial charge in [-0.15, -0.1) is 0 Å². The lowest BCUT2D eigenvalue weighted by atomic mass is 10.1. The molecule has 1 aliphatic heterocycles. The summed E-state index contributed by atoms with van der Waals surface area (Å²) < 4.78 is 33.3. The number of nitrogens with zero attached hydrogens (tertiary/aromatic N) is 2. The zero-order chi connectivity index (χ0) is 21.5. The van der Waals surface area contributed by atoms with E-state index in [1.165, 1.54) is 13.2 Å². The summed E-state index contributed by atoms with van der Waals surface area (Å²) in [5, 5.41) is 13.2. The van der Waals surface area contributed by atoms with Gasteiger partial charge < -0.3 is 24.6 Å². The molecule has 0 amide bonds. The second-order valence-corrected chi connectivity index (χ2v) is 7.19. The predicted molar refractivity (Wildman–Crippen MR) is 115 cm³/mol. The fourth-order valence-corrected chi connectivity index (χ4v) is 3.77. The number of ether oxygens (including phenoxy) is 3. The van der Waals surface area contributed by atoms with Crippen LogP contribution in [0.5, 0.6) is 23.1 Å². The molecule has 2 aromatic carbocycles. The van der Waals surface area contributed by atoms with Crippen molar-refractivity contribution < 1.29 is 23.7 Å². The van der Waals surface area contributed by atoms with Gasteiger partial charge in [0.15, 0.2) is 11.5 Å². The van der Waals surface area contributed by atoms with E-state index in [4.69, 9.17) is 25.8 Å². The first-order chi connectivity index (χ1) is 15.1. The number of halogens is 2. The molecule has 7 nitrogen and oxygen atoms in total. The van der Waals surface area contributed by atoms with Crippen molar-refractivity contribution in [3.8, 4) is 34.4 Å². The van der Waals surface area contributed by atoms with Crippen LogP contribution in [0.1, 0.15) is 0 Å². The monoisotopic (exact) mass is 441 g/mol. The van der Waals surface area contributed by atoms with Crippen molar-refractivity contribution >= 4 is 28.8 Å². The van der Waals surface area contributed by atoms with Gasteiger partial charge in [0.1, 0.15) is 41.9 Å². The number of anilines is 2. The minimum atomic E-state index is -0.615. The number of methoxy groups -OCH3 is 1. The number of hydrogen-bond acceptors (Lipinski definition) is 6. The molecule has 0 aliphatic carbocycles. The highest BCUT2D eigenvalue weighted by Gasteiger charge is 2.24. The molecule has 0 fully saturated rings. The Bertz CT molecular complexity index is 1310. The molecular formula is C22H17ClFN3O4. The number of aromatic nitrogens is 2. The van der Waals surface area contributed by atoms with E-state index in [-0.39, 0.29) is 22.0 Å². The van der Waals surface area contributed by atoms with Crippen LogP contribution in [0.25, 0.3) is 16.9 Å². The first kappa shape index (κ1) is 19.3. The number of phenols is 1. The number of aromatic hydroxyl groups is 1. The number of imidazole rings is 1. The van der Waals surface area contributed by atoms with Crippen molar-refractivity contribution in [1.82, 2.24) is 9.38 Å². The summed E-state index contributed by atoms with van der Waals surface area (Å²) in [6.45, 7) is 0.943. The maximum Gasteiger partial charge on any atom is 0.200 e. The van der Waals surface area contributed by atoms with Gasteiger partial charge in [-0.2, -0.15) is 0 Å². The molecule has 3 heterocycles. The summed E-state index contributed by atoms with van der Waals surface area (Å²) in [7, 11) is 1.53. The van der Waals surface area contributed by atoms with E-state index in [0.717, 1.165) is 6.07 Å². The van der Waals surface area contributed by atoms with Crippen LogP contribution in [0.4, 0.5) is 15.9 Å². The van der Waals surface area contributed by atoms with Gasteiger partial charge in [0.05, 0.1) is 17.7 Å². The number of hydrogen-bond donors (Lipinski definition) is 2. The SMILES string of the molecule is COc1cccc2nc(-c3c(F)ccc(O)c3Cl)c(Nc3ccc4c(c3)OCCO4)n12. The van der Waals surface area contributed by atoms with E-state index in [2.05, 4.69) is 10.3 Å². The number of phenolic OH excluding ortho intramolecular Hbond substituents is 1. The molecule has 31 heavy (non-hydrogen) atoms. The van der Waals surface area contributed by atoms with Crippen molar-refractivity contribution in [3.05, 3.63) is 59.4 Å². The number of pyridine rings is 1. The van der Waals surface area contributed by atoms with E-state index in [0.29, 0.717) is 47.7 Å². The lowest BCUT2D eigenvalue weighted by Crippen LogP contribution is -2.15. The summed E-state index contributed by atoms with van der Waals surface area (Å²) >= 11 is 6.27. The third-order valence-corrected chi connectivity index (χ3v) is 5.31. The average Bonchev–Trinajstić information content (AvgIpc) is 3.14. The molecule has 5 rings (SSSR count). The molecule has 0 radical (unpaired) electrons. The second kappa shape index (κ2) is 7.55. The zero-order valence-corrected chi connectivity index (χ0v) is 17.1. The summed E-state index contributed by atoms with van der Waals surface area (Å²) in [6, 6.07) is 13.0. The Morgan fingerprint density at radius 1 is 1.13 bits per heavy atom. The Labute approximate surface area is 181 Å². The van der Waals surface area contributed by atoms with Crippen LogP contribution in [-0.2, 0) is 0 Å². The van der Waals surface area contributed by atoms with Crippen LogP contribution in [0, 0.1) is 5.82 Å². The molecule has 4 aromatic rings. The summed E-state index contributed by atoms with van der Waals surface area (Å²) in [5.74, 6) is 1.28. The minimum absolute atomic E-state index is 0.0209. The summed E-state index contributed by atoms with van der Waals surface area (Å²) in [5.41, 5.74) is 1.37. The predicted octanol–water partition coefficient (Wildman–Crippen LogP) is 5.02. The molecule has 9 heteroatoms. The van der Waals surface area contributed by atoms with E-state index >= 15 is 0 Å². The maximum absolute atomic E-state index is 14.8. The molecule has 0 atom stereocenters. The third kappa shape index (κ3) is 3.25. The van der Waals surface area contributed by atoms with Gasteiger partial charge in [0, 0.05) is 11.8 Å². The number of benzene rings is 2. The fraction of sp³-hybridized carbons (Fsp3) is 0.136.